The number of hydrogen-bond acceptors (Lipinski definition) is 6. The number of amides is 2. The molecule has 2 saturated heterocycles. The van der Waals surface area contributed by atoms with Crippen molar-refractivity contribution < 1.29 is 29.0 Å². The quantitative estimate of drug-likeness (QED) is 0.335. The topological polar surface area (TPSA) is 96.4 Å². The molecule has 0 radical (unpaired) electrons. The van der Waals surface area contributed by atoms with E-state index >= 15 is 0 Å². The molecule has 1 aromatic carbocycles. The van der Waals surface area contributed by atoms with Gasteiger partial charge in [-0.15, -0.1) is 0 Å². The zero-order valence-electron chi connectivity index (χ0n) is 21.7. The van der Waals surface area contributed by atoms with Gasteiger partial charge in [-0.2, -0.15) is 0 Å². The number of esters is 1. The Bertz CT molecular complexity index is 1150. The largest absolute Gasteiger partial charge is 0.465 e. The zero-order valence-corrected chi connectivity index (χ0v) is 22.4. The second kappa shape index (κ2) is 10.8. The van der Waals surface area contributed by atoms with E-state index < -0.39 is 35.0 Å². The minimum absolute atomic E-state index is 0.0631. The third-order valence-corrected chi connectivity index (χ3v) is 8.52. The van der Waals surface area contributed by atoms with Crippen molar-refractivity contribution in [1.29, 1.82) is 0 Å². The first-order valence-corrected chi connectivity index (χ1v) is 13.9. The highest BCUT2D eigenvalue weighted by molar-refractivity contribution is 6.34. The minimum atomic E-state index is -1.34. The highest BCUT2D eigenvalue weighted by Gasteiger charge is 2.74. The van der Waals surface area contributed by atoms with Crippen molar-refractivity contribution in [2.45, 2.75) is 62.7 Å². The van der Waals surface area contributed by atoms with E-state index in [1.807, 2.05) is 37.3 Å². The molecule has 5 rings (SSSR count). The van der Waals surface area contributed by atoms with Crippen LogP contribution in [0.3, 0.4) is 0 Å². The molecule has 8 nitrogen and oxygen atoms in total. The summed E-state index contributed by atoms with van der Waals surface area (Å²) in [5, 5.41) is 9.66. The maximum absolute atomic E-state index is 14.4. The summed E-state index contributed by atoms with van der Waals surface area (Å²) < 4.78 is 12.5. The molecular weight excluding hydrogens is 508 g/mol. The minimum Gasteiger partial charge on any atom is -0.465 e. The summed E-state index contributed by atoms with van der Waals surface area (Å²) in [7, 11) is 0. The van der Waals surface area contributed by atoms with Gasteiger partial charge in [0.15, 0.2) is 0 Å². The van der Waals surface area contributed by atoms with Crippen molar-refractivity contribution in [2.75, 3.05) is 31.2 Å². The van der Waals surface area contributed by atoms with Crippen LogP contribution in [-0.2, 0) is 23.9 Å². The lowest BCUT2D eigenvalue weighted by atomic mass is 9.74. The van der Waals surface area contributed by atoms with Crippen molar-refractivity contribution >= 4 is 35.1 Å². The standard InChI is InChI=1S/C29H35ClN2O6/c1-28-14-7-2-3-10-19-37-27(36)23(28)22-25(34)32(16-8-4-9-18-33)24-26(35)31(17-11-15-29(22,24)38-28)21-13-6-5-12-20(21)30/h5-7,11-15,22-24,33H,2-4,8-10,16-19H2,1H3/b14-7-/t22-,23+,24?,28-,29-/m0/s1. The number of anilines is 1. The molecule has 0 aliphatic carbocycles. The lowest BCUT2D eigenvalue weighted by Crippen LogP contribution is -2.56. The van der Waals surface area contributed by atoms with Gasteiger partial charge in [0.05, 0.1) is 28.8 Å². The maximum atomic E-state index is 14.4. The average Bonchev–Trinajstić information content (AvgIpc) is 3.22. The summed E-state index contributed by atoms with van der Waals surface area (Å²) in [5.41, 5.74) is -1.89. The Hall–Kier alpha value is -2.68. The Labute approximate surface area is 228 Å². The van der Waals surface area contributed by atoms with Crippen LogP contribution in [-0.4, -0.2) is 71.3 Å². The van der Waals surface area contributed by atoms with E-state index in [2.05, 4.69) is 0 Å². The van der Waals surface area contributed by atoms with Gasteiger partial charge in [-0.05, 0) is 57.6 Å². The third-order valence-electron chi connectivity index (χ3n) is 8.20. The highest BCUT2D eigenvalue weighted by Crippen LogP contribution is 2.57. The molecule has 4 aliphatic rings. The number of carbonyl (C=O) groups is 3. The lowest BCUT2D eigenvalue weighted by molar-refractivity contribution is -0.158. The number of ether oxygens (including phenoxy) is 2. The van der Waals surface area contributed by atoms with Gasteiger partial charge in [-0.25, -0.2) is 0 Å². The number of para-hydroxylation sites is 1. The molecule has 0 bridgehead atoms. The Morgan fingerprint density at radius 2 is 1.84 bits per heavy atom. The van der Waals surface area contributed by atoms with Crippen molar-refractivity contribution in [3.05, 3.63) is 53.6 Å². The molecule has 1 unspecified atom stereocenters. The summed E-state index contributed by atoms with van der Waals surface area (Å²) in [5.74, 6) is -2.85. The van der Waals surface area contributed by atoms with Crippen molar-refractivity contribution in [3.63, 3.8) is 0 Å². The number of hydrogen-bond donors (Lipinski definition) is 1. The SMILES string of the molecule is C[C@]12/C=C\CCCCOC(=O)[C@H]1[C@H]1C(=O)N(CCCCCO)C3C(=O)N(c4ccccc4Cl)CC=C[C@@]31O2. The first kappa shape index (κ1) is 26.9. The summed E-state index contributed by atoms with van der Waals surface area (Å²) in [6, 6.07) is 6.15. The second-order valence-corrected chi connectivity index (χ2v) is 11.1. The van der Waals surface area contributed by atoms with Crippen LogP contribution >= 0.6 is 11.6 Å². The zero-order chi connectivity index (χ0) is 26.9. The average molecular weight is 543 g/mol. The molecular formula is C29H35ClN2O6. The van der Waals surface area contributed by atoms with E-state index in [-0.39, 0.29) is 31.6 Å². The van der Waals surface area contributed by atoms with Gasteiger partial charge >= 0.3 is 5.97 Å². The molecule has 4 heterocycles. The second-order valence-electron chi connectivity index (χ2n) is 10.7. The number of aliphatic hydroxyl groups excluding tert-OH is 1. The van der Waals surface area contributed by atoms with Crippen molar-refractivity contribution in [3.8, 4) is 0 Å². The predicted molar refractivity (Wildman–Crippen MR) is 143 cm³/mol. The van der Waals surface area contributed by atoms with E-state index in [9.17, 15) is 19.5 Å². The number of fused-ring (bicyclic) bond motifs is 2. The fourth-order valence-electron chi connectivity index (χ4n) is 6.49. The van der Waals surface area contributed by atoms with E-state index in [1.54, 1.807) is 28.0 Å². The molecule has 2 fully saturated rings. The number of unbranched alkanes of at least 4 members (excludes halogenated alkanes) is 2. The summed E-state index contributed by atoms with van der Waals surface area (Å²) in [6.45, 7) is 2.74. The van der Waals surface area contributed by atoms with Crippen LogP contribution in [0.4, 0.5) is 5.69 Å². The Kier molecular flexibility index (Phi) is 7.67. The van der Waals surface area contributed by atoms with Crippen molar-refractivity contribution in [1.82, 2.24) is 4.90 Å². The monoisotopic (exact) mass is 542 g/mol. The molecule has 5 atom stereocenters. The number of benzene rings is 1. The smallest absolute Gasteiger partial charge is 0.313 e. The van der Waals surface area contributed by atoms with Gasteiger partial charge in [0.1, 0.15) is 17.6 Å². The van der Waals surface area contributed by atoms with E-state index in [4.69, 9.17) is 21.1 Å². The van der Waals surface area contributed by atoms with Crippen LogP contribution < -0.4 is 4.90 Å². The van der Waals surface area contributed by atoms with Gasteiger partial charge in [0, 0.05) is 19.7 Å². The Morgan fingerprint density at radius 3 is 2.63 bits per heavy atom. The summed E-state index contributed by atoms with van der Waals surface area (Å²) in [6.07, 6.45) is 11.9. The molecule has 38 heavy (non-hydrogen) atoms. The normalized spacial score (nSPS) is 33.9. The fourth-order valence-corrected chi connectivity index (χ4v) is 6.73. The molecule has 1 N–H and O–H groups in total. The molecule has 9 heteroatoms. The van der Waals surface area contributed by atoms with Gasteiger partial charge in [-0.3, -0.25) is 14.4 Å². The van der Waals surface area contributed by atoms with Crippen LogP contribution in [0.25, 0.3) is 0 Å². The molecule has 204 valence electrons. The van der Waals surface area contributed by atoms with Gasteiger partial charge in [0.2, 0.25) is 5.91 Å². The van der Waals surface area contributed by atoms with E-state index in [0.29, 0.717) is 36.5 Å². The first-order chi connectivity index (χ1) is 18.3. The predicted octanol–water partition coefficient (Wildman–Crippen LogP) is 3.66. The Morgan fingerprint density at radius 1 is 1.03 bits per heavy atom. The number of aliphatic hydroxyl groups is 1. The molecule has 4 aliphatic heterocycles. The van der Waals surface area contributed by atoms with Crippen molar-refractivity contribution in [2.24, 2.45) is 11.8 Å². The third kappa shape index (κ3) is 4.46. The number of rotatable bonds is 6. The summed E-state index contributed by atoms with van der Waals surface area (Å²) >= 11 is 6.50. The van der Waals surface area contributed by atoms with Crippen LogP contribution in [0, 0.1) is 11.8 Å². The molecule has 1 aromatic rings. The van der Waals surface area contributed by atoms with E-state index in [1.165, 1.54) is 0 Å². The van der Waals surface area contributed by atoms with Crippen LogP contribution in [0.1, 0.15) is 45.4 Å². The number of halogens is 1. The van der Waals surface area contributed by atoms with Gasteiger partial charge in [-0.1, -0.05) is 48.0 Å². The fraction of sp³-hybridized carbons (Fsp3) is 0.552. The molecule has 0 saturated carbocycles. The number of cyclic esters (lactones) is 1. The van der Waals surface area contributed by atoms with Crippen LogP contribution in [0.5, 0.6) is 0 Å². The molecule has 0 aromatic heterocycles. The van der Waals surface area contributed by atoms with Crippen LogP contribution in [0.2, 0.25) is 5.02 Å². The number of nitrogens with zero attached hydrogens (tertiary/aromatic N) is 2. The Balaban J connectivity index is 1.61. The molecule has 1 spiro atoms. The first-order valence-electron chi connectivity index (χ1n) is 13.5. The lowest BCUT2D eigenvalue weighted by Gasteiger charge is -2.37. The number of allylic oxidation sites excluding steroid dienone is 1. The summed E-state index contributed by atoms with van der Waals surface area (Å²) in [4.78, 5) is 45.3. The number of carbonyl (C=O) groups excluding carboxylic acids is 3. The maximum Gasteiger partial charge on any atom is 0.313 e. The van der Waals surface area contributed by atoms with E-state index in [0.717, 1.165) is 19.3 Å². The van der Waals surface area contributed by atoms with Gasteiger partial charge < -0.3 is 24.4 Å². The molecule has 2 amide bonds. The number of likely N-dealkylation sites (tertiary alicyclic amines) is 1. The highest BCUT2D eigenvalue weighted by atomic mass is 35.5. The van der Waals surface area contributed by atoms with Gasteiger partial charge in [0.25, 0.3) is 5.91 Å². The van der Waals surface area contributed by atoms with Crippen LogP contribution in [0.15, 0.2) is 48.6 Å².